The standard InChI is InChI=1S/C30H42N2O5Si2/c1-29(2,3)38(7,8)36-21-23(20-33)32-28(34)27(26-19-31-22-35-26)37-39(30(4,5)6,24-15-11-9-12-16-24)25-17-13-10-14-18-25/h9-20,22-23,27H,21H2,1-8H3,(H,32,34)/t23-,27+/m1/s1. The van der Waals surface area contributed by atoms with E-state index in [-0.39, 0.29) is 22.4 Å². The van der Waals surface area contributed by atoms with Gasteiger partial charge in [-0.15, -0.1) is 0 Å². The van der Waals surface area contributed by atoms with Crippen LogP contribution in [0.3, 0.4) is 0 Å². The zero-order valence-electron chi connectivity index (χ0n) is 24.4. The normalized spacial score (nSPS) is 14.5. The van der Waals surface area contributed by atoms with Crippen LogP contribution in [0.15, 0.2) is 77.7 Å². The molecule has 9 heteroatoms. The van der Waals surface area contributed by atoms with Crippen LogP contribution in [-0.4, -0.2) is 46.5 Å². The van der Waals surface area contributed by atoms with Gasteiger partial charge in [0.25, 0.3) is 14.2 Å². The molecule has 0 aliphatic heterocycles. The van der Waals surface area contributed by atoms with Crippen LogP contribution in [0.25, 0.3) is 0 Å². The highest BCUT2D eigenvalue weighted by atomic mass is 28.4. The number of aldehydes is 1. The lowest BCUT2D eigenvalue weighted by Crippen LogP contribution is -2.67. The van der Waals surface area contributed by atoms with Crippen LogP contribution in [0.4, 0.5) is 0 Å². The van der Waals surface area contributed by atoms with Gasteiger partial charge in [0, 0.05) is 0 Å². The number of rotatable bonds is 11. The minimum Gasteiger partial charge on any atom is -0.445 e. The molecule has 0 saturated carbocycles. The quantitative estimate of drug-likeness (QED) is 0.260. The van der Waals surface area contributed by atoms with Crippen molar-refractivity contribution in [3.05, 3.63) is 79.0 Å². The fourth-order valence-electron chi connectivity index (χ4n) is 4.35. The third kappa shape index (κ3) is 6.84. The Labute approximate surface area is 234 Å². The molecular weight excluding hydrogens is 525 g/mol. The number of hydrogen-bond acceptors (Lipinski definition) is 6. The van der Waals surface area contributed by atoms with Crippen molar-refractivity contribution < 1.29 is 22.9 Å². The van der Waals surface area contributed by atoms with E-state index >= 15 is 0 Å². The van der Waals surface area contributed by atoms with E-state index in [0.717, 1.165) is 10.4 Å². The Balaban J connectivity index is 2.03. The Hall–Kier alpha value is -2.86. The van der Waals surface area contributed by atoms with Crippen LogP contribution < -0.4 is 15.7 Å². The van der Waals surface area contributed by atoms with E-state index in [1.807, 2.05) is 36.4 Å². The number of amides is 1. The molecule has 3 aromatic rings. The number of aromatic nitrogens is 1. The van der Waals surface area contributed by atoms with E-state index < -0.39 is 34.7 Å². The Kier molecular flexibility index (Phi) is 9.53. The van der Waals surface area contributed by atoms with Crippen LogP contribution >= 0.6 is 0 Å². The third-order valence-corrected chi connectivity index (χ3v) is 17.1. The molecule has 0 aliphatic rings. The maximum absolute atomic E-state index is 13.9. The number of oxazole rings is 1. The molecule has 7 nitrogen and oxygen atoms in total. The van der Waals surface area contributed by atoms with E-state index in [0.29, 0.717) is 6.29 Å². The molecule has 39 heavy (non-hydrogen) atoms. The maximum Gasteiger partial charge on any atom is 0.262 e. The fraction of sp³-hybridized carbons (Fsp3) is 0.433. The van der Waals surface area contributed by atoms with Gasteiger partial charge in [0.1, 0.15) is 12.3 Å². The highest BCUT2D eigenvalue weighted by molar-refractivity contribution is 6.99. The summed E-state index contributed by atoms with van der Waals surface area (Å²) in [6.07, 6.45) is 2.35. The van der Waals surface area contributed by atoms with Gasteiger partial charge in [-0.25, -0.2) is 4.98 Å². The smallest absolute Gasteiger partial charge is 0.262 e. The molecule has 1 amide bonds. The lowest BCUT2D eigenvalue weighted by Gasteiger charge is -2.44. The summed E-state index contributed by atoms with van der Waals surface area (Å²) in [6, 6.07) is 19.3. The van der Waals surface area contributed by atoms with E-state index in [1.165, 1.54) is 12.6 Å². The predicted molar refractivity (Wildman–Crippen MR) is 159 cm³/mol. The molecule has 0 fully saturated rings. The monoisotopic (exact) mass is 566 g/mol. The Morgan fingerprint density at radius 3 is 1.90 bits per heavy atom. The van der Waals surface area contributed by atoms with Gasteiger partial charge in [-0.1, -0.05) is 102 Å². The van der Waals surface area contributed by atoms with Crippen LogP contribution in [-0.2, 0) is 18.4 Å². The predicted octanol–water partition coefficient (Wildman–Crippen LogP) is 5.00. The second kappa shape index (κ2) is 12.1. The topological polar surface area (TPSA) is 90.7 Å². The summed E-state index contributed by atoms with van der Waals surface area (Å²) in [5.74, 6) is -0.203. The second-order valence-corrected chi connectivity index (χ2v) is 21.4. The first-order valence-corrected chi connectivity index (χ1v) is 18.1. The zero-order valence-corrected chi connectivity index (χ0v) is 26.4. The molecule has 1 aromatic heterocycles. The van der Waals surface area contributed by atoms with Gasteiger partial charge in [-0.05, 0) is 33.5 Å². The van der Waals surface area contributed by atoms with E-state index in [9.17, 15) is 9.59 Å². The largest absolute Gasteiger partial charge is 0.445 e. The molecule has 0 aliphatic carbocycles. The van der Waals surface area contributed by atoms with Crippen molar-refractivity contribution in [2.45, 2.75) is 76.9 Å². The lowest BCUT2D eigenvalue weighted by atomic mass is 10.2. The SMILES string of the molecule is CC(C)(C)[Si](C)(C)OC[C@@H](C=O)NC(=O)[C@@H](O[Si](c1ccccc1)(c1ccccc1)C(C)(C)C)c1cnco1. The minimum absolute atomic E-state index is 0.0286. The molecule has 0 spiro atoms. The van der Waals surface area contributed by atoms with Crippen LogP contribution in [0, 0.1) is 0 Å². The number of nitrogens with one attached hydrogen (secondary N) is 1. The van der Waals surface area contributed by atoms with Crippen LogP contribution in [0.5, 0.6) is 0 Å². The number of benzene rings is 2. The van der Waals surface area contributed by atoms with Gasteiger partial charge >= 0.3 is 0 Å². The highest BCUT2D eigenvalue weighted by Crippen LogP contribution is 2.40. The molecule has 2 aromatic carbocycles. The van der Waals surface area contributed by atoms with Gasteiger partial charge in [-0.3, -0.25) is 4.79 Å². The van der Waals surface area contributed by atoms with Gasteiger partial charge in [0.05, 0.1) is 12.8 Å². The van der Waals surface area contributed by atoms with Crippen molar-refractivity contribution in [2.75, 3.05) is 6.61 Å². The first kappa shape index (κ1) is 30.7. The van der Waals surface area contributed by atoms with E-state index in [2.05, 4.69) is 89.2 Å². The summed E-state index contributed by atoms with van der Waals surface area (Å²) in [5.41, 5.74) is 0. The van der Waals surface area contributed by atoms with Gasteiger partial charge in [-0.2, -0.15) is 0 Å². The molecule has 2 atom stereocenters. The van der Waals surface area contributed by atoms with Crippen molar-refractivity contribution >= 4 is 39.2 Å². The van der Waals surface area contributed by atoms with Crippen molar-refractivity contribution in [2.24, 2.45) is 0 Å². The summed E-state index contributed by atoms with van der Waals surface area (Å²) in [7, 11) is -5.26. The van der Waals surface area contributed by atoms with Crippen LogP contribution in [0.1, 0.15) is 53.4 Å². The summed E-state index contributed by atoms with van der Waals surface area (Å²) in [5, 5.41) is 4.50. The number of carbonyl (C=O) groups excluding carboxylic acids is 2. The van der Waals surface area contributed by atoms with Crippen molar-refractivity contribution in [1.29, 1.82) is 0 Å². The number of nitrogens with zero attached hydrogens (tertiary/aromatic N) is 1. The summed E-state index contributed by atoms with van der Waals surface area (Å²) >= 11 is 0. The average molecular weight is 567 g/mol. The van der Waals surface area contributed by atoms with Gasteiger partial charge in [0.2, 0.25) is 0 Å². The molecule has 1 heterocycles. The first-order chi connectivity index (χ1) is 18.2. The first-order valence-electron chi connectivity index (χ1n) is 13.3. The van der Waals surface area contributed by atoms with Crippen LogP contribution in [0.2, 0.25) is 23.2 Å². The summed E-state index contributed by atoms with van der Waals surface area (Å²) in [6.45, 7) is 17.1. The molecule has 0 bridgehead atoms. The Bertz CT molecular complexity index is 1160. The number of carbonyl (C=O) groups is 2. The van der Waals surface area contributed by atoms with Gasteiger partial charge in [0.15, 0.2) is 26.6 Å². The van der Waals surface area contributed by atoms with E-state index in [1.54, 1.807) is 0 Å². The van der Waals surface area contributed by atoms with Crippen molar-refractivity contribution in [1.82, 2.24) is 10.3 Å². The molecule has 3 rings (SSSR count). The molecular formula is C30H42N2O5Si2. The molecule has 0 saturated heterocycles. The fourth-order valence-corrected chi connectivity index (χ4v) is 9.97. The summed E-state index contributed by atoms with van der Waals surface area (Å²) in [4.78, 5) is 30.0. The third-order valence-electron chi connectivity index (χ3n) is 7.58. The molecule has 1 N–H and O–H groups in total. The lowest BCUT2D eigenvalue weighted by molar-refractivity contribution is -0.132. The molecule has 0 radical (unpaired) electrons. The average Bonchev–Trinajstić information content (AvgIpc) is 3.41. The van der Waals surface area contributed by atoms with Gasteiger partial charge < -0.3 is 23.4 Å². The molecule has 0 unspecified atom stereocenters. The second-order valence-electron chi connectivity index (χ2n) is 12.4. The maximum atomic E-state index is 13.9. The van der Waals surface area contributed by atoms with E-state index in [4.69, 9.17) is 13.3 Å². The number of hydrogen-bond donors (Lipinski definition) is 1. The van der Waals surface area contributed by atoms with Crippen molar-refractivity contribution in [3.63, 3.8) is 0 Å². The summed E-state index contributed by atoms with van der Waals surface area (Å²) < 4.78 is 18.9. The highest BCUT2D eigenvalue weighted by Gasteiger charge is 2.53. The Morgan fingerprint density at radius 2 is 1.49 bits per heavy atom. The van der Waals surface area contributed by atoms with Crippen molar-refractivity contribution in [3.8, 4) is 0 Å². The Morgan fingerprint density at radius 1 is 0.949 bits per heavy atom. The zero-order chi connectivity index (χ0) is 28.9. The molecule has 210 valence electrons. The minimum atomic E-state index is -3.13.